The molecular weight excluding hydrogens is 244 g/mol. The van der Waals surface area contributed by atoms with E-state index in [-0.39, 0.29) is 5.91 Å². The molecule has 0 radical (unpaired) electrons. The molecule has 2 aromatic rings. The van der Waals surface area contributed by atoms with E-state index >= 15 is 0 Å². The fourth-order valence-corrected chi connectivity index (χ4v) is 2.49. The zero-order valence-corrected chi connectivity index (χ0v) is 11.3. The van der Waals surface area contributed by atoms with E-state index in [1.165, 1.54) is 11.1 Å². The molecule has 0 bridgehead atoms. The number of carbonyl (C=O) groups is 1. The van der Waals surface area contributed by atoms with Crippen LogP contribution in [0, 0.1) is 6.92 Å². The highest BCUT2D eigenvalue weighted by molar-refractivity contribution is 7.08. The molecule has 0 atom stereocenters. The van der Waals surface area contributed by atoms with Gasteiger partial charge in [0, 0.05) is 24.8 Å². The summed E-state index contributed by atoms with van der Waals surface area (Å²) in [4.78, 5) is 11.9. The molecule has 1 heterocycles. The minimum absolute atomic E-state index is 0.0387. The molecule has 94 valence electrons. The quantitative estimate of drug-likeness (QED) is 0.887. The third kappa shape index (κ3) is 2.90. The molecule has 0 aliphatic heterocycles. The molecule has 4 heteroatoms. The third-order valence-electron chi connectivity index (χ3n) is 2.84. The molecule has 0 unspecified atom stereocenters. The standard InChI is InChI=1S/C14H16N2OS/c1-10-8-18-9-12(10)7-16-14(17)11-3-5-13(15-2)6-4-11/h3-6,8-9,15H,7H2,1-2H3,(H,16,17). The summed E-state index contributed by atoms with van der Waals surface area (Å²) >= 11 is 1.66. The molecule has 0 fully saturated rings. The highest BCUT2D eigenvalue weighted by Gasteiger charge is 2.06. The zero-order valence-electron chi connectivity index (χ0n) is 10.5. The highest BCUT2D eigenvalue weighted by atomic mass is 32.1. The Kier molecular flexibility index (Phi) is 3.99. The second-order valence-corrected chi connectivity index (χ2v) is 4.83. The molecule has 0 aliphatic carbocycles. The molecule has 0 saturated heterocycles. The summed E-state index contributed by atoms with van der Waals surface area (Å²) in [6.45, 7) is 2.64. The number of aryl methyl sites for hydroxylation is 1. The van der Waals surface area contributed by atoms with E-state index in [9.17, 15) is 4.79 Å². The minimum Gasteiger partial charge on any atom is -0.388 e. The van der Waals surface area contributed by atoms with Gasteiger partial charge in [0.1, 0.15) is 0 Å². The minimum atomic E-state index is -0.0387. The normalized spacial score (nSPS) is 10.1. The van der Waals surface area contributed by atoms with Crippen molar-refractivity contribution in [3.05, 3.63) is 51.7 Å². The van der Waals surface area contributed by atoms with Crippen LogP contribution in [0.4, 0.5) is 5.69 Å². The fourth-order valence-electron chi connectivity index (χ4n) is 1.63. The number of carbonyl (C=O) groups excluding carboxylic acids is 1. The van der Waals surface area contributed by atoms with Crippen molar-refractivity contribution in [2.24, 2.45) is 0 Å². The van der Waals surface area contributed by atoms with E-state index in [4.69, 9.17) is 0 Å². The van der Waals surface area contributed by atoms with E-state index in [0.717, 1.165) is 5.69 Å². The SMILES string of the molecule is CNc1ccc(C(=O)NCc2cscc2C)cc1. The molecule has 1 aromatic carbocycles. The van der Waals surface area contributed by atoms with Crippen LogP contribution in [0.25, 0.3) is 0 Å². The van der Waals surface area contributed by atoms with Gasteiger partial charge in [0.2, 0.25) is 0 Å². The monoisotopic (exact) mass is 260 g/mol. The maximum atomic E-state index is 11.9. The van der Waals surface area contributed by atoms with E-state index < -0.39 is 0 Å². The summed E-state index contributed by atoms with van der Waals surface area (Å²) in [6.07, 6.45) is 0. The fraction of sp³-hybridized carbons (Fsp3) is 0.214. The summed E-state index contributed by atoms with van der Waals surface area (Å²) in [5, 5.41) is 10.1. The molecular formula is C14H16N2OS. The van der Waals surface area contributed by atoms with Crippen LogP contribution >= 0.6 is 11.3 Å². The van der Waals surface area contributed by atoms with Crippen LogP contribution in [0.5, 0.6) is 0 Å². The van der Waals surface area contributed by atoms with Gasteiger partial charge in [-0.15, -0.1) is 0 Å². The molecule has 3 nitrogen and oxygen atoms in total. The number of anilines is 1. The van der Waals surface area contributed by atoms with Crippen molar-refractivity contribution in [3.63, 3.8) is 0 Å². The maximum absolute atomic E-state index is 11.9. The van der Waals surface area contributed by atoms with E-state index in [2.05, 4.69) is 28.3 Å². The summed E-state index contributed by atoms with van der Waals surface area (Å²) in [7, 11) is 1.86. The average molecular weight is 260 g/mol. The van der Waals surface area contributed by atoms with Gasteiger partial charge in [0.25, 0.3) is 5.91 Å². The Morgan fingerprint density at radius 2 is 1.94 bits per heavy atom. The van der Waals surface area contributed by atoms with Crippen LogP contribution in [0.2, 0.25) is 0 Å². The van der Waals surface area contributed by atoms with Gasteiger partial charge >= 0.3 is 0 Å². The Balaban J connectivity index is 1.97. The summed E-state index contributed by atoms with van der Waals surface area (Å²) in [5.74, 6) is -0.0387. The van der Waals surface area contributed by atoms with Gasteiger partial charge in [-0.05, 0) is 53.1 Å². The van der Waals surface area contributed by atoms with E-state index in [1.807, 2.05) is 31.3 Å². The summed E-state index contributed by atoms with van der Waals surface area (Å²) in [6, 6.07) is 7.43. The van der Waals surface area contributed by atoms with Crippen LogP contribution in [0.1, 0.15) is 21.5 Å². The Labute approximate surface area is 111 Å². The van der Waals surface area contributed by atoms with Gasteiger partial charge in [0.05, 0.1) is 0 Å². The predicted octanol–water partition coefficient (Wildman–Crippen LogP) is 3.03. The molecule has 0 spiro atoms. The first-order valence-electron chi connectivity index (χ1n) is 5.78. The van der Waals surface area contributed by atoms with Gasteiger partial charge in [-0.1, -0.05) is 0 Å². The molecule has 2 rings (SSSR count). The second-order valence-electron chi connectivity index (χ2n) is 4.09. The Morgan fingerprint density at radius 1 is 1.22 bits per heavy atom. The number of hydrogen-bond donors (Lipinski definition) is 2. The number of amides is 1. The van der Waals surface area contributed by atoms with Gasteiger partial charge < -0.3 is 10.6 Å². The summed E-state index contributed by atoms with van der Waals surface area (Å²) in [5.41, 5.74) is 4.09. The first-order valence-corrected chi connectivity index (χ1v) is 6.72. The maximum Gasteiger partial charge on any atom is 0.251 e. The van der Waals surface area contributed by atoms with Crippen molar-refractivity contribution in [1.29, 1.82) is 0 Å². The Bertz CT molecular complexity index is 531. The van der Waals surface area contributed by atoms with Gasteiger partial charge in [0.15, 0.2) is 0 Å². The van der Waals surface area contributed by atoms with Crippen LogP contribution in [0.15, 0.2) is 35.0 Å². The molecule has 2 N–H and O–H groups in total. The Morgan fingerprint density at radius 3 is 2.50 bits per heavy atom. The van der Waals surface area contributed by atoms with Gasteiger partial charge in [-0.25, -0.2) is 0 Å². The van der Waals surface area contributed by atoms with Crippen molar-refractivity contribution in [2.75, 3.05) is 12.4 Å². The van der Waals surface area contributed by atoms with Crippen molar-refractivity contribution in [2.45, 2.75) is 13.5 Å². The van der Waals surface area contributed by atoms with E-state index in [1.54, 1.807) is 11.3 Å². The van der Waals surface area contributed by atoms with Crippen molar-refractivity contribution >= 4 is 22.9 Å². The molecule has 1 aromatic heterocycles. The van der Waals surface area contributed by atoms with Gasteiger partial charge in [-0.3, -0.25) is 4.79 Å². The first kappa shape index (κ1) is 12.6. The number of thiophene rings is 1. The lowest BCUT2D eigenvalue weighted by molar-refractivity contribution is 0.0951. The van der Waals surface area contributed by atoms with Crippen molar-refractivity contribution < 1.29 is 4.79 Å². The lowest BCUT2D eigenvalue weighted by atomic mass is 10.2. The highest BCUT2D eigenvalue weighted by Crippen LogP contribution is 2.13. The molecule has 18 heavy (non-hydrogen) atoms. The molecule has 0 aliphatic rings. The Hall–Kier alpha value is -1.81. The predicted molar refractivity (Wildman–Crippen MR) is 76.2 cm³/mol. The number of nitrogens with one attached hydrogen (secondary N) is 2. The van der Waals surface area contributed by atoms with Crippen LogP contribution < -0.4 is 10.6 Å². The molecule has 1 amide bonds. The number of rotatable bonds is 4. The average Bonchev–Trinajstić information content (AvgIpc) is 2.81. The largest absolute Gasteiger partial charge is 0.388 e. The zero-order chi connectivity index (χ0) is 13.0. The third-order valence-corrected chi connectivity index (χ3v) is 3.75. The van der Waals surface area contributed by atoms with Gasteiger partial charge in [-0.2, -0.15) is 11.3 Å². The van der Waals surface area contributed by atoms with Crippen LogP contribution in [0.3, 0.4) is 0 Å². The lowest BCUT2D eigenvalue weighted by Gasteiger charge is -2.06. The number of hydrogen-bond acceptors (Lipinski definition) is 3. The van der Waals surface area contributed by atoms with Crippen LogP contribution in [-0.4, -0.2) is 13.0 Å². The lowest BCUT2D eigenvalue weighted by Crippen LogP contribution is -2.22. The topological polar surface area (TPSA) is 41.1 Å². The molecule has 0 saturated carbocycles. The van der Waals surface area contributed by atoms with Crippen molar-refractivity contribution in [1.82, 2.24) is 5.32 Å². The van der Waals surface area contributed by atoms with Crippen molar-refractivity contribution in [3.8, 4) is 0 Å². The van der Waals surface area contributed by atoms with E-state index in [0.29, 0.717) is 12.1 Å². The second kappa shape index (κ2) is 5.69. The summed E-state index contributed by atoms with van der Waals surface area (Å²) < 4.78 is 0. The first-order chi connectivity index (χ1) is 8.70. The smallest absolute Gasteiger partial charge is 0.251 e. The van der Waals surface area contributed by atoms with Crippen LogP contribution in [-0.2, 0) is 6.54 Å². The number of benzene rings is 1.